The van der Waals surface area contributed by atoms with Gasteiger partial charge in [0.05, 0.1) is 23.1 Å². The van der Waals surface area contributed by atoms with Gasteiger partial charge in [-0.1, -0.05) is 11.6 Å². The second kappa shape index (κ2) is 6.87. The minimum absolute atomic E-state index is 0.244. The Bertz CT molecular complexity index is 629. The van der Waals surface area contributed by atoms with Crippen molar-refractivity contribution < 1.29 is 14.3 Å². The molecule has 0 radical (unpaired) electrons. The Morgan fingerprint density at radius 3 is 2.62 bits per heavy atom. The molecular weight excluding hydrogens is 312 g/mol. The Kier molecular flexibility index (Phi) is 5.14. The van der Waals surface area contributed by atoms with Crippen molar-refractivity contribution in [3.05, 3.63) is 27.6 Å². The van der Waals surface area contributed by atoms with Crippen LogP contribution in [0.5, 0.6) is 11.5 Å². The van der Waals surface area contributed by atoms with Crippen molar-refractivity contribution in [2.45, 2.75) is 13.8 Å². The molecule has 0 saturated carbocycles. The van der Waals surface area contributed by atoms with Gasteiger partial charge < -0.3 is 15.2 Å². The van der Waals surface area contributed by atoms with Gasteiger partial charge in [-0.3, -0.25) is 4.79 Å². The lowest BCUT2D eigenvalue weighted by molar-refractivity contribution is -0.113. The van der Waals surface area contributed by atoms with E-state index in [1.54, 1.807) is 18.2 Å². The van der Waals surface area contributed by atoms with E-state index < -0.39 is 0 Å². The Morgan fingerprint density at radius 2 is 2.05 bits per heavy atom. The maximum atomic E-state index is 11.6. The lowest BCUT2D eigenvalue weighted by atomic mass is 10.2. The maximum absolute atomic E-state index is 11.6. The van der Waals surface area contributed by atoms with Crippen LogP contribution >= 0.6 is 23.4 Å². The van der Waals surface area contributed by atoms with E-state index in [4.69, 9.17) is 26.8 Å². The molecular formula is C14H15ClN2O3S. The number of amidine groups is 1. The molecule has 0 bridgehead atoms. The van der Waals surface area contributed by atoms with Crippen LogP contribution in [0.3, 0.4) is 0 Å². The summed E-state index contributed by atoms with van der Waals surface area (Å²) in [7, 11) is 0. The molecule has 2 rings (SSSR count). The number of thioether (sulfide) groups is 1. The summed E-state index contributed by atoms with van der Waals surface area (Å²) in [4.78, 5) is 15.7. The zero-order valence-corrected chi connectivity index (χ0v) is 13.3. The summed E-state index contributed by atoms with van der Waals surface area (Å²) in [6.45, 7) is 4.72. The van der Waals surface area contributed by atoms with Crippen molar-refractivity contribution in [3.63, 3.8) is 0 Å². The van der Waals surface area contributed by atoms with Crippen LogP contribution < -0.4 is 15.2 Å². The van der Waals surface area contributed by atoms with E-state index in [-0.39, 0.29) is 11.1 Å². The third-order valence-electron chi connectivity index (χ3n) is 2.56. The summed E-state index contributed by atoms with van der Waals surface area (Å²) in [5, 5.41) is 0.673. The van der Waals surface area contributed by atoms with Gasteiger partial charge in [0.25, 0.3) is 5.91 Å². The number of nitrogens with zero attached hydrogens (tertiary/aromatic N) is 1. The number of rotatable bonds is 5. The molecule has 2 N–H and O–H groups in total. The van der Waals surface area contributed by atoms with E-state index in [1.165, 1.54) is 0 Å². The number of amides is 1. The zero-order chi connectivity index (χ0) is 15.4. The molecule has 0 aliphatic carbocycles. The highest BCUT2D eigenvalue weighted by Gasteiger charge is 2.20. The highest BCUT2D eigenvalue weighted by Crippen LogP contribution is 2.38. The van der Waals surface area contributed by atoms with E-state index in [0.717, 1.165) is 17.3 Å². The first-order valence-electron chi connectivity index (χ1n) is 6.42. The summed E-state index contributed by atoms with van der Waals surface area (Å²) in [5.74, 6) is 0.702. The summed E-state index contributed by atoms with van der Waals surface area (Å²) in [6.07, 6.45) is 1.68. The van der Waals surface area contributed by atoms with Crippen molar-refractivity contribution in [2.75, 3.05) is 13.2 Å². The van der Waals surface area contributed by atoms with Crippen molar-refractivity contribution >= 4 is 40.5 Å². The molecule has 1 heterocycles. The summed E-state index contributed by atoms with van der Waals surface area (Å²) in [5.41, 5.74) is 6.25. The minimum Gasteiger partial charge on any atom is -0.490 e. The van der Waals surface area contributed by atoms with Gasteiger partial charge in [0.2, 0.25) is 0 Å². The van der Waals surface area contributed by atoms with Crippen LogP contribution in [0.1, 0.15) is 19.4 Å². The summed E-state index contributed by atoms with van der Waals surface area (Å²) < 4.78 is 11.0. The first-order valence-corrected chi connectivity index (χ1v) is 7.61. The van der Waals surface area contributed by atoms with Crippen LogP contribution in [-0.2, 0) is 4.79 Å². The Balaban J connectivity index is 2.37. The standard InChI is InChI=1S/C14H15ClN2O3S/c1-3-19-10-6-8(5-9(15)12(10)20-4-2)7-11-13(18)17-14(16)21-11/h5-7H,3-4H2,1-2H3,(H2,16,17,18)/b11-7-. The molecule has 0 aromatic heterocycles. The maximum Gasteiger partial charge on any atom is 0.286 e. The van der Waals surface area contributed by atoms with Crippen molar-refractivity contribution in [3.8, 4) is 11.5 Å². The van der Waals surface area contributed by atoms with Crippen LogP contribution in [0.2, 0.25) is 5.02 Å². The highest BCUT2D eigenvalue weighted by atomic mass is 35.5. The van der Waals surface area contributed by atoms with Gasteiger partial charge in [-0.15, -0.1) is 0 Å². The second-order valence-corrected chi connectivity index (χ2v) is 5.53. The number of nitrogens with two attached hydrogens (primary N) is 1. The molecule has 7 heteroatoms. The molecule has 0 fully saturated rings. The number of carbonyl (C=O) groups excluding carboxylic acids is 1. The molecule has 1 aromatic rings. The number of carbonyl (C=O) groups is 1. The number of ether oxygens (including phenoxy) is 2. The van der Waals surface area contributed by atoms with E-state index in [0.29, 0.717) is 34.6 Å². The predicted molar refractivity (Wildman–Crippen MR) is 86.0 cm³/mol. The predicted octanol–water partition coefficient (Wildman–Crippen LogP) is 3.07. The average Bonchev–Trinajstić information content (AvgIpc) is 2.72. The monoisotopic (exact) mass is 326 g/mol. The lowest BCUT2D eigenvalue weighted by Gasteiger charge is -2.13. The first-order chi connectivity index (χ1) is 10.0. The van der Waals surface area contributed by atoms with Crippen LogP contribution in [0.25, 0.3) is 6.08 Å². The molecule has 1 aromatic carbocycles. The Morgan fingerprint density at radius 1 is 1.33 bits per heavy atom. The van der Waals surface area contributed by atoms with E-state index in [9.17, 15) is 4.79 Å². The van der Waals surface area contributed by atoms with Gasteiger partial charge in [0.15, 0.2) is 16.7 Å². The molecule has 112 valence electrons. The fraction of sp³-hybridized carbons (Fsp3) is 0.286. The van der Waals surface area contributed by atoms with E-state index in [1.807, 2.05) is 13.8 Å². The summed E-state index contributed by atoms with van der Waals surface area (Å²) >= 11 is 7.35. The van der Waals surface area contributed by atoms with E-state index in [2.05, 4.69) is 4.99 Å². The van der Waals surface area contributed by atoms with Crippen molar-refractivity contribution in [1.82, 2.24) is 0 Å². The number of hydrogen-bond donors (Lipinski definition) is 1. The molecule has 0 saturated heterocycles. The quantitative estimate of drug-likeness (QED) is 0.842. The third-order valence-corrected chi connectivity index (χ3v) is 3.65. The molecule has 0 spiro atoms. The highest BCUT2D eigenvalue weighted by molar-refractivity contribution is 8.18. The smallest absolute Gasteiger partial charge is 0.286 e. The molecule has 1 aliphatic rings. The largest absolute Gasteiger partial charge is 0.490 e. The first kappa shape index (κ1) is 15.7. The third kappa shape index (κ3) is 3.71. The normalized spacial score (nSPS) is 16.2. The Labute approximate surface area is 132 Å². The lowest BCUT2D eigenvalue weighted by Crippen LogP contribution is -2.01. The summed E-state index contributed by atoms with van der Waals surface area (Å²) in [6, 6.07) is 3.49. The fourth-order valence-corrected chi connectivity index (χ4v) is 2.75. The molecule has 21 heavy (non-hydrogen) atoms. The van der Waals surface area contributed by atoms with Crippen molar-refractivity contribution in [1.29, 1.82) is 0 Å². The van der Waals surface area contributed by atoms with Gasteiger partial charge >= 0.3 is 0 Å². The van der Waals surface area contributed by atoms with Crippen LogP contribution in [0.15, 0.2) is 22.0 Å². The number of hydrogen-bond acceptors (Lipinski definition) is 5. The van der Waals surface area contributed by atoms with E-state index >= 15 is 0 Å². The number of halogens is 1. The van der Waals surface area contributed by atoms with Gasteiger partial charge in [-0.2, -0.15) is 4.99 Å². The number of benzene rings is 1. The van der Waals surface area contributed by atoms with Gasteiger partial charge in [0.1, 0.15) is 0 Å². The van der Waals surface area contributed by atoms with Crippen LogP contribution in [-0.4, -0.2) is 24.3 Å². The SMILES string of the molecule is CCOc1cc(/C=C2\SC(N)=NC2=O)cc(Cl)c1OCC. The zero-order valence-electron chi connectivity index (χ0n) is 11.7. The van der Waals surface area contributed by atoms with Crippen molar-refractivity contribution in [2.24, 2.45) is 10.7 Å². The minimum atomic E-state index is -0.347. The molecule has 5 nitrogen and oxygen atoms in total. The topological polar surface area (TPSA) is 73.9 Å². The molecule has 0 unspecified atom stereocenters. The Hall–Kier alpha value is -1.66. The number of aliphatic imine (C=N–C) groups is 1. The van der Waals surface area contributed by atoms with Crippen LogP contribution in [0, 0.1) is 0 Å². The second-order valence-electron chi connectivity index (χ2n) is 4.06. The average molecular weight is 327 g/mol. The fourth-order valence-electron chi connectivity index (χ4n) is 1.80. The molecule has 0 atom stereocenters. The van der Waals surface area contributed by atoms with Gasteiger partial charge in [-0.05, 0) is 49.4 Å². The van der Waals surface area contributed by atoms with Gasteiger partial charge in [0, 0.05) is 0 Å². The van der Waals surface area contributed by atoms with Crippen LogP contribution in [0.4, 0.5) is 0 Å². The molecule has 1 amide bonds. The molecule has 1 aliphatic heterocycles. The van der Waals surface area contributed by atoms with Gasteiger partial charge in [-0.25, -0.2) is 0 Å².